The summed E-state index contributed by atoms with van der Waals surface area (Å²) < 4.78 is 64.9. The Bertz CT molecular complexity index is 976. The number of azo groups is 1. The van der Waals surface area contributed by atoms with Gasteiger partial charge in [-0.05, 0) is 42.5 Å². The van der Waals surface area contributed by atoms with Crippen molar-refractivity contribution >= 4 is 37.3 Å². The first kappa shape index (κ1) is 24.7. The maximum absolute atomic E-state index is 10.8. The molecular weight excluding hydrogens is 392 g/mol. The van der Waals surface area contributed by atoms with Crippen LogP contribution < -0.4 is 64.8 Å². The van der Waals surface area contributed by atoms with Crippen LogP contribution in [-0.4, -0.2) is 25.9 Å². The first-order valence-corrected chi connectivity index (χ1v) is 8.72. The molecule has 0 bridgehead atoms. The first-order valence-electron chi connectivity index (χ1n) is 5.90. The van der Waals surface area contributed by atoms with Gasteiger partial charge in [-0.2, -0.15) is 5.11 Å². The first-order chi connectivity index (χ1) is 10.6. The smallest absolute Gasteiger partial charge is 0.744 e. The van der Waals surface area contributed by atoms with Gasteiger partial charge in [0.05, 0.1) is 21.2 Å². The average molecular weight is 401 g/mol. The minimum Gasteiger partial charge on any atom is -0.744 e. The van der Waals surface area contributed by atoms with Crippen molar-refractivity contribution in [2.75, 3.05) is 5.73 Å². The third-order valence-corrected chi connectivity index (χ3v) is 4.37. The Labute approximate surface area is 188 Å². The Morgan fingerprint density at radius 2 is 1.24 bits per heavy atom. The molecule has 0 unspecified atom stereocenters. The molecule has 13 heteroatoms. The molecule has 2 aromatic carbocycles. The van der Waals surface area contributed by atoms with Gasteiger partial charge in [-0.1, -0.05) is 0 Å². The van der Waals surface area contributed by atoms with Crippen LogP contribution >= 0.6 is 0 Å². The minimum absolute atomic E-state index is 0. The Hall–Kier alpha value is -0.340. The number of benzene rings is 2. The third kappa shape index (κ3) is 7.06. The van der Waals surface area contributed by atoms with Crippen LogP contribution in [0.3, 0.4) is 0 Å². The van der Waals surface area contributed by atoms with Gasteiger partial charge >= 0.3 is 59.1 Å². The van der Waals surface area contributed by atoms with E-state index in [-0.39, 0.29) is 76.2 Å². The molecule has 0 aliphatic rings. The van der Waals surface area contributed by atoms with Crippen LogP contribution in [0.5, 0.6) is 0 Å². The van der Waals surface area contributed by atoms with E-state index in [2.05, 4.69) is 10.2 Å². The van der Waals surface area contributed by atoms with E-state index in [0.717, 1.165) is 24.3 Å². The second-order valence-electron chi connectivity index (χ2n) is 4.32. The molecule has 0 heterocycles. The van der Waals surface area contributed by atoms with E-state index in [9.17, 15) is 25.9 Å². The van der Waals surface area contributed by atoms with Gasteiger partial charge in [-0.25, -0.2) is 16.8 Å². The molecule has 0 saturated carbocycles. The molecule has 0 aliphatic heterocycles. The van der Waals surface area contributed by atoms with Crippen molar-refractivity contribution in [2.45, 2.75) is 9.79 Å². The van der Waals surface area contributed by atoms with Gasteiger partial charge in [0.1, 0.15) is 25.9 Å². The molecular formula is C12H9N3Na2O6S2. The number of nitrogens with two attached hydrogens (primary N) is 1. The van der Waals surface area contributed by atoms with Crippen molar-refractivity contribution in [1.82, 2.24) is 0 Å². The Balaban J connectivity index is 0.00000288. The number of hydrogen-bond donors (Lipinski definition) is 1. The molecule has 25 heavy (non-hydrogen) atoms. The summed E-state index contributed by atoms with van der Waals surface area (Å²) in [7, 11) is -9.16. The number of hydrogen-bond acceptors (Lipinski definition) is 9. The quantitative estimate of drug-likeness (QED) is 0.233. The topological polar surface area (TPSA) is 165 Å². The Morgan fingerprint density at radius 1 is 0.760 bits per heavy atom. The van der Waals surface area contributed by atoms with Crippen molar-refractivity contribution in [3.8, 4) is 0 Å². The zero-order chi connectivity index (χ0) is 17.3. The van der Waals surface area contributed by atoms with Crippen molar-refractivity contribution in [1.29, 1.82) is 0 Å². The molecule has 0 radical (unpaired) electrons. The summed E-state index contributed by atoms with van der Waals surface area (Å²) in [4.78, 5) is -0.889. The standard InChI is InChI=1S/C12H11N3O6S2.2Na/c13-11-7-10(23(19,20)21)5-6-12(11)15-14-8-1-3-9(4-2-8)22(16,17)18;;/h1-7H,13H2,(H,16,17,18)(H,19,20,21);;/q;2*+1/p-2. The predicted molar refractivity (Wildman–Crippen MR) is 77.4 cm³/mol. The number of nitrogens with zero attached hydrogens (tertiary/aromatic N) is 2. The van der Waals surface area contributed by atoms with E-state index in [0.29, 0.717) is 0 Å². The van der Waals surface area contributed by atoms with Crippen molar-refractivity contribution < 1.29 is 85.1 Å². The van der Waals surface area contributed by atoms with Gasteiger partial charge in [0.2, 0.25) is 0 Å². The second kappa shape index (κ2) is 9.55. The molecule has 2 rings (SSSR count). The molecule has 0 saturated heterocycles. The van der Waals surface area contributed by atoms with E-state index in [1.165, 1.54) is 18.2 Å². The van der Waals surface area contributed by atoms with Crippen molar-refractivity contribution in [2.24, 2.45) is 10.2 Å². The largest absolute Gasteiger partial charge is 1.00 e. The molecule has 2 N–H and O–H groups in total. The van der Waals surface area contributed by atoms with Gasteiger partial charge in [-0.3, -0.25) is 0 Å². The van der Waals surface area contributed by atoms with Crippen LogP contribution in [0, 0.1) is 0 Å². The maximum Gasteiger partial charge on any atom is 1.00 e. The fourth-order valence-corrected chi connectivity index (χ4v) is 2.55. The zero-order valence-corrected chi connectivity index (χ0v) is 18.9. The Kier molecular flexibility index (Phi) is 9.42. The SMILES string of the molecule is Nc1cc(S(=O)(=O)[O-])ccc1N=Nc1ccc(S(=O)(=O)[O-])cc1.[Na+].[Na+]. The summed E-state index contributed by atoms with van der Waals surface area (Å²) in [5.41, 5.74) is 5.89. The summed E-state index contributed by atoms with van der Waals surface area (Å²) in [5, 5.41) is 7.54. The van der Waals surface area contributed by atoms with Gasteiger partial charge in [0, 0.05) is 0 Å². The summed E-state index contributed by atoms with van der Waals surface area (Å²) in [6, 6.07) is 7.90. The molecule has 2 aromatic rings. The van der Waals surface area contributed by atoms with Gasteiger partial charge in [-0.15, -0.1) is 5.11 Å². The summed E-state index contributed by atoms with van der Waals surface area (Å²) >= 11 is 0. The van der Waals surface area contributed by atoms with Crippen molar-refractivity contribution in [3.63, 3.8) is 0 Å². The second-order valence-corrected chi connectivity index (χ2v) is 7.08. The molecule has 0 amide bonds. The molecule has 9 nitrogen and oxygen atoms in total. The van der Waals surface area contributed by atoms with E-state index >= 15 is 0 Å². The van der Waals surface area contributed by atoms with E-state index < -0.39 is 30.0 Å². The molecule has 0 aromatic heterocycles. The normalized spacial score (nSPS) is 11.6. The van der Waals surface area contributed by atoms with Gasteiger partial charge in [0.15, 0.2) is 0 Å². The predicted octanol–water partition coefficient (Wildman–Crippen LogP) is -4.50. The zero-order valence-electron chi connectivity index (χ0n) is 13.3. The van der Waals surface area contributed by atoms with Crippen LogP contribution in [0.15, 0.2) is 62.5 Å². The summed E-state index contributed by atoms with van der Waals surface area (Å²) in [6.07, 6.45) is 0. The van der Waals surface area contributed by atoms with Crippen molar-refractivity contribution in [3.05, 3.63) is 42.5 Å². The Morgan fingerprint density at radius 3 is 1.68 bits per heavy atom. The minimum atomic E-state index is -4.62. The molecule has 0 aliphatic carbocycles. The van der Waals surface area contributed by atoms with Crippen LogP contribution in [-0.2, 0) is 20.2 Å². The third-order valence-electron chi connectivity index (χ3n) is 2.69. The molecule has 0 spiro atoms. The van der Waals surface area contributed by atoms with E-state index in [1.807, 2.05) is 0 Å². The van der Waals surface area contributed by atoms with Crippen LogP contribution in [0.2, 0.25) is 0 Å². The average Bonchev–Trinajstić information content (AvgIpc) is 2.44. The molecule has 0 fully saturated rings. The van der Waals surface area contributed by atoms with Crippen LogP contribution in [0.1, 0.15) is 0 Å². The fraction of sp³-hybridized carbons (Fsp3) is 0. The number of nitrogen functional groups attached to an aromatic ring is 1. The fourth-order valence-electron chi connectivity index (χ4n) is 1.57. The monoisotopic (exact) mass is 401 g/mol. The van der Waals surface area contributed by atoms with Gasteiger partial charge in [0.25, 0.3) is 0 Å². The maximum atomic E-state index is 10.8. The van der Waals surface area contributed by atoms with Gasteiger partial charge < -0.3 is 14.8 Å². The van der Waals surface area contributed by atoms with E-state index in [4.69, 9.17) is 5.73 Å². The molecule has 122 valence electrons. The molecule has 0 atom stereocenters. The van der Waals surface area contributed by atoms with Crippen LogP contribution in [0.25, 0.3) is 0 Å². The van der Waals surface area contributed by atoms with E-state index in [1.54, 1.807) is 0 Å². The number of anilines is 1. The summed E-state index contributed by atoms with van der Waals surface area (Å²) in [6.45, 7) is 0. The number of rotatable bonds is 4. The van der Waals surface area contributed by atoms with Crippen LogP contribution in [0.4, 0.5) is 17.1 Å². The summed E-state index contributed by atoms with van der Waals surface area (Å²) in [5.74, 6) is 0.